The lowest BCUT2D eigenvalue weighted by atomic mass is 10.2. The quantitative estimate of drug-likeness (QED) is 0.755. The minimum Gasteiger partial charge on any atom is -0.408 e. The summed E-state index contributed by atoms with van der Waals surface area (Å²) < 4.78 is 4.89. The molecule has 0 aliphatic carbocycles. The Balaban J connectivity index is 1.90. The van der Waals surface area contributed by atoms with Crippen molar-refractivity contribution in [3.63, 3.8) is 0 Å². The van der Waals surface area contributed by atoms with Crippen LogP contribution in [0.2, 0.25) is 10.0 Å². The van der Waals surface area contributed by atoms with E-state index >= 15 is 0 Å². The third kappa shape index (κ3) is 2.94. The number of hydrogen-bond acceptors (Lipinski definition) is 3. The molecule has 0 spiro atoms. The number of carbonyl (C=O) groups excluding carboxylic acids is 1. The number of hydrogen-bond donors (Lipinski definition) is 2. The first-order chi connectivity index (χ1) is 10.0. The highest BCUT2D eigenvalue weighted by Gasteiger charge is 2.09. The number of anilines is 1. The Bertz CT molecular complexity index is 878. The lowest BCUT2D eigenvalue weighted by Crippen LogP contribution is -2.11. The van der Waals surface area contributed by atoms with Gasteiger partial charge < -0.3 is 9.73 Å². The first-order valence-electron chi connectivity index (χ1n) is 5.91. The Morgan fingerprint density at radius 1 is 1.10 bits per heavy atom. The standard InChI is InChI=1S/C14H8Cl2N2O3/c15-8-3-7(4-9(16)5-8)13(19)17-10-1-2-12-11(6-10)18-14(20)21-12/h1-6H,(H,17,19)(H,18,20). The average molecular weight is 323 g/mol. The molecule has 0 bridgehead atoms. The molecule has 0 radical (unpaired) electrons. The predicted octanol–water partition coefficient (Wildman–Crippen LogP) is 3.68. The number of aromatic amines is 1. The van der Waals surface area contributed by atoms with Gasteiger partial charge in [-0.25, -0.2) is 4.79 Å². The van der Waals surface area contributed by atoms with E-state index < -0.39 is 5.76 Å². The van der Waals surface area contributed by atoms with E-state index in [9.17, 15) is 9.59 Å². The van der Waals surface area contributed by atoms with Gasteiger partial charge in [0.15, 0.2) is 5.58 Å². The van der Waals surface area contributed by atoms with Crippen molar-refractivity contribution in [1.29, 1.82) is 0 Å². The molecule has 1 aromatic heterocycles. The van der Waals surface area contributed by atoms with E-state index in [4.69, 9.17) is 27.6 Å². The Morgan fingerprint density at radius 2 is 1.81 bits per heavy atom. The molecule has 0 saturated carbocycles. The van der Waals surface area contributed by atoms with Gasteiger partial charge in [-0.1, -0.05) is 23.2 Å². The maximum Gasteiger partial charge on any atom is 0.417 e. The van der Waals surface area contributed by atoms with Gasteiger partial charge in [-0.2, -0.15) is 0 Å². The van der Waals surface area contributed by atoms with Crippen LogP contribution in [0.5, 0.6) is 0 Å². The number of halogens is 2. The molecule has 106 valence electrons. The highest BCUT2D eigenvalue weighted by atomic mass is 35.5. The van der Waals surface area contributed by atoms with Crippen LogP contribution in [0.15, 0.2) is 45.6 Å². The Kier molecular flexibility index (Phi) is 3.45. The predicted molar refractivity (Wildman–Crippen MR) is 81.2 cm³/mol. The van der Waals surface area contributed by atoms with Crippen molar-refractivity contribution < 1.29 is 9.21 Å². The van der Waals surface area contributed by atoms with Crippen molar-refractivity contribution >= 4 is 45.9 Å². The first kappa shape index (κ1) is 13.7. The number of amides is 1. The number of nitrogens with one attached hydrogen (secondary N) is 2. The SMILES string of the molecule is O=C(Nc1ccc2oc(=O)[nH]c2c1)c1cc(Cl)cc(Cl)c1. The van der Waals surface area contributed by atoms with Crippen LogP contribution >= 0.6 is 23.2 Å². The fourth-order valence-electron chi connectivity index (χ4n) is 1.92. The summed E-state index contributed by atoms with van der Waals surface area (Å²) in [5.74, 6) is -0.903. The molecular weight excluding hydrogens is 315 g/mol. The van der Waals surface area contributed by atoms with Crippen LogP contribution in [0, 0.1) is 0 Å². The maximum atomic E-state index is 12.1. The number of carbonyl (C=O) groups is 1. The van der Waals surface area contributed by atoms with Gasteiger partial charge in [0.05, 0.1) is 5.52 Å². The van der Waals surface area contributed by atoms with E-state index in [0.29, 0.717) is 32.4 Å². The zero-order valence-electron chi connectivity index (χ0n) is 10.4. The van der Waals surface area contributed by atoms with E-state index in [2.05, 4.69) is 10.3 Å². The van der Waals surface area contributed by atoms with Gasteiger partial charge in [0.25, 0.3) is 5.91 Å². The van der Waals surface area contributed by atoms with Crippen LogP contribution in [-0.2, 0) is 0 Å². The molecule has 0 aliphatic heterocycles. The van der Waals surface area contributed by atoms with Gasteiger partial charge in [-0.3, -0.25) is 9.78 Å². The third-order valence-corrected chi connectivity index (χ3v) is 3.24. The summed E-state index contributed by atoms with van der Waals surface area (Å²) in [5.41, 5.74) is 1.78. The van der Waals surface area contributed by atoms with Gasteiger partial charge in [-0.05, 0) is 36.4 Å². The molecule has 3 rings (SSSR count). The molecule has 21 heavy (non-hydrogen) atoms. The Labute approximate surface area is 128 Å². The maximum absolute atomic E-state index is 12.1. The minimum absolute atomic E-state index is 0.341. The summed E-state index contributed by atoms with van der Waals surface area (Å²) in [6.45, 7) is 0. The molecule has 0 fully saturated rings. The second kappa shape index (κ2) is 5.27. The number of aromatic nitrogens is 1. The van der Waals surface area contributed by atoms with Gasteiger partial charge >= 0.3 is 5.76 Å². The molecule has 5 nitrogen and oxygen atoms in total. The number of fused-ring (bicyclic) bond motifs is 1. The molecular formula is C14H8Cl2N2O3. The molecule has 2 N–H and O–H groups in total. The van der Waals surface area contributed by atoms with Crippen molar-refractivity contribution in [2.24, 2.45) is 0 Å². The zero-order chi connectivity index (χ0) is 15.0. The van der Waals surface area contributed by atoms with Crippen molar-refractivity contribution in [2.45, 2.75) is 0 Å². The van der Waals surface area contributed by atoms with E-state index in [0.717, 1.165) is 0 Å². The van der Waals surface area contributed by atoms with Crippen LogP contribution in [0.3, 0.4) is 0 Å². The van der Waals surface area contributed by atoms with Crippen molar-refractivity contribution in [3.8, 4) is 0 Å². The van der Waals surface area contributed by atoms with Gasteiger partial charge in [0.1, 0.15) is 0 Å². The number of rotatable bonds is 2. The third-order valence-electron chi connectivity index (χ3n) is 2.80. The summed E-state index contributed by atoms with van der Waals surface area (Å²) in [5, 5.41) is 3.45. The number of H-pyrrole nitrogens is 1. The fraction of sp³-hybridized carbons (Fsp3) is 0. The van der Waals surface area contributed by atoms with Gasteiger partial charge in [0, 0.05) is 21.3 Å². The summed E-state index contributed by atoms with van der Waals surface area (Å²) in [7, 11) is 0. The minimum atomic E-state index is -0.546. The molecule has 0 aliphatic rings. The van der Waals surface area contributed by atoms with Crippen LogP contribution in [-0.4, -0.2) is 10.9 Å². The molecule has 0 saturated heterocycles. The second-order valence-corrected chi connectivity index (χ2v) is 5.21. The average Bonchev–Trinajstić information content (AvgIpc) is 2.77. The number of benzene rings is 2. The highest BCUT2D eigenvalue weighted by Crippen LogP contribution is 2.21. The summed E-state index contributed by atoms with van der Waals surface area (Å²) in [6.07, 6.45) is 0. The summed E-state index contributed by atoms with van der Waals surface area (Å²) >= 11 is 11.7. The van der Waals surface area contributed by atoms with Crippen molar-refractivity contribution in [1.82, 2.24) is 4.98 Å². The molecule has 3 aromatic rings. The van der Waals surface area contributed by atoms with E-state index in [1.807, 2.05) is 0 Å². The monoisotopic (exact) mass is 322 g/mol. The zero-order valence-corrected chi connectivity index (χ0v) is 12.0. The molecule has 2 aromatic carbocycles. The molecule has 1 amide bonds. The summed E-state index contributed by atoms with van der Waals surface area (Å²) in [4.78, 5) is 25.7. The van der Waals surface area contributed by atoms with E-state index in [-0.39, 0.29) is 5.91 Å². The van der Waals surface area contributed by atoms with E-state index in [1.54, 1.807) is 24.3 Å². The Morgan fingerprint density at radius 3 is 2.52 bits per heavy atom. The van der Waals surface area contributed by atoms with Crippen LogP contribution in [0.4, 0.5) is 5.69 Å². The molecule has 1 heterocycles. The topological polar surface area (TPSA) is 75.1 Å². The molecule has 0 unspecified atom stereocenters. The first-order valence-corrected chi connectivity index (χ1v) is 6.67. The van der Waals surface area contributed by atoms with Crippen LogP contribution in [0.25, 0.3) is 11.1 Å². The van der Waals surface area contributed by atoms with Crippen molar-refractivity contribution in [3.05, 3.63) is 62.6 Å². The Hall–Kier alpha value is -2.24. The number of oxazole rings is 1. The second-order valence-electron chi connectivity index (χ2n) is 4.34. The van der Waals surface area contributed by atoms with Crippen molar-refractivity contribution in [2.75, 3.05) is 5.32 Å². The fourth-order valence-corrected chi connectivity index (χ4v) is 2.44. The van der Waals surface area contributed by atoms with Gasteiger partial charge in [0.2, 0.25) is 0 Å². The largest absolute Gasteiger partial charge is 0.417 e. The molecule has 0 atom stereocenters. The lowest BCUT2D eigenvalue weighted by Gasteiger charge is -2.06. The van der Waals surface area contributed by atoms with Gasteiger partial charge in [-0.15, -0.1) is 0 Å². The van der Waals surface area contributed by atoms with Crippen LogP contribution < -0.4 is 11.1 Å². The van der Waals surface area contributed by atoms with E-state index in [1.165, 1.54) is 12.1 Å². The molecule has 7 heteroatoms. The highest BCUT2D eigenvalue weighted by molar-refractivity contribution is 6.35. The van der Waals surface area contributed by atoms with Crippen LogP contribution in [0.1, 0.15) is 10.4 Å². The smallest absolute Gasteiger partial charge is 0.408 e. The summed E-state index contributed by atoms with van der Waals surface area (Å²) in [6, 6.07) is 9.39. The lowest BCUT2D eigenvalue weighted by molar-refractivity contribution is 0.102. The normalized spacial score (nSPS) is 10.8.